The highest BCUT2D eigenvalue weighted by Gasteiger charge is 2.20. The van der Waals surface area contributed by atoms with Crippen LogP contribution in [0.5, 0.6) is 0 Å². The van der Waals surface area contributed by atoms with Crippen molar-refractivity contribution in [2.24, 2.45) is 5.92 Å². The second-order valence-electron chi connectivity index (χ2n) is 4.71. The lowest BCUT2D eigenvalue weighted by molar-refractivity contribution is 0.0562. The summed E-state index contributed by atoms with van der Waals surface area (Å²) >= 11 is 0. The number of hydrogen-bond donors (Lipinski definition) is 1. The molecule has 1 N–H and O–H groups in total. The Morgan fingerprint density at radius 3 is 2.79 bits per heavy atom. The molecule has 1 atom stereocenters. The van der Waals surface area contributed by atoms with Gasteiger partial charge >= 0.3 is 0 Å². The van der Waals surface area contributed by atoms with Gasteiger partial charge in [-0.3, -0.25) is 0 Å². The summed E-state index contributed by atoms with van der Waals surface area (Å²) in [6.07, 6.45) is 2.74. The van der Waals surface area contributed by atoms with Gasteiger partial charge < -0.3 is 15.0 Å². The smallest absolute Gasteiger partial charge is 0.0632 e. The first-order chi connectivity index (χ1) is 6.84. The van der Waals surface area contributed by atoms with Crippen LogP contribution in [-0.4, -0.2) is 50.3 Å². The average molecular weight is 198 g/mol. The Bertz CT molecular complexity index is 161. The fourth-order valence-corrected chi connectivity index (χ4v) is 2.29. The van der Waals surface area contributed by atoms with Gasteiger partial charge in [0.25, 0.3) is 0 Å². The van der Waals surface area contributed by atoms with Gasteiger partial charge in [-0.2, -0.15) is 0 Å². The van der Waals surface area contributed by atoms with E-state index in [2.05, 4.69) is 17.1 Å². The third-order valence-corrected chi connectivity index (χ3v) is 3.35. The zero-order valence-electron chi connectivity index (χ0n) is 9.17. The van der Waals surface area contributed by atoms with Crippen LogP contribution in [0.25, 0.3) is 0 Å². The van der Waals surface area contributed by atoms with Gasteiger partial charge in [-0.15, -0.1) is 0 Å². The first-order valence-corrected chi connectivity index (χ1v) is 5.88. The molecule has 0 radical (unpaired) electrons. The third kappa shape index (κ3) is 2.94. The van der Waals surface area contributed by atoms with Crippen molar-refractivity contribution in [3.8, 4) is 0 Å². The van der Waals surface area contributed by atoms with Crippen LogP contribution >= 0.6 is 0 Å². The normalized spacial score (nSPS) is 31.9. The van der Waals surface area contributed by atoms with Crippen LogP contribution in [-0.2, 0) is 4.74 Å². The average Bonchev–Trinajstić information content (AvgIpc) is 2.23. The monoisotopic (exact) mass is 198 g/mol. The largest absolute Gasteiger partial charge is 0.378 e. The van der Waals surface area contributed by atoms with Crippen molar-refractivity contribution >= 4 is 0 Å². The lowest BCUT2D eigenvalue weighted by atomic mass is 9.99. The summed E-state index contributed by atoms with van der Waals surface area (Å²) < 4.78 is 5.46. The van der Waals surface area contributed by atoms with Gasteiger partial charge in [0.2, 0.25) is 0 Å². The van der Waals surface area contributed by atoms with Crippen molar-refractivity contribution in [3.63, 3.8) is 0 Å². The molecule has 2 saturated heterocycles. The van der Waals surface area contributed by atoms with Crippen LogP contribution in [0.1, 0.15) is 19.8 Å². The van der Waals surface area contributed by atoms with Crippen LogP contribution in [0.15, 0.2) is 0 Å². The molecule has 3 heteroatoms. The summed E-state index contributed by atoms with van der Waals surface area (Å²) in [7, 11) is 0. The summed E-state index contributed by atoms with van der Waals surface area (Å²) in [6, 6.07) is 0.567. The van der Waals surface area contributed by atoms with Crippen LogP contribution < -0.4 is 5.32 Å². The van der Waals surface area contributed by atoms with E-state index in [1.54, 1.807) is 0 Å². The predicted octanol–water partition coefficient (Wildman–Crippen LogP) is 0.707. The third-order valence-electron chi connectivity index (χ3n) is 3.35. The van der Waals surface area contributed by atoms with E-state index in [9.17, 15) is 0 Å². The Morgan fingerprint density at radius 1 is 1.36 bits per heavy atom. The second kappa shape index (κ2) is 5.10. The topological polar surface area (TPSA) is 24.5 Å². The summed E-state index contributed by atoms with van der Waals surface area (Å²) in [6.45, 7) is 8.89. The van der Waals surface area contributed by atoms with Crippen LogP contribution in [0.3, 0.4) is 0 Å². The van der Waals surface area contributed by atoms with Crippen molar-refractivity contribution in [2.45, 2.75) is 25.8 Å². The maximum Gasteiger partial charge on any atom is 0.0632 e. The number of nitrogens with zero attached hydrogens (tertiary/aromatic N) is 1. The highest BCUT2D eigenvalue weighted by molar-refractivity contribution is 4.77. The van der Waals surface area contributed by atoms with E-state index in [4.69, 9.17) is 4.74 Å². The standard InChI is InChI=1S/C11H22N2O/c1-10-2-5-13(6-3-10)8-11-9-14-7-4-12-11/h10-12H,2-9H2,1H3/t11-/m1/s1. The maximum absolute atomic E-state index is 5.46. The number of nitrogens with one attached hydrogen (secondary N) is 1. The number of rotatable bonds is 2. The van der Waals surface area contributed by atoms with E-state index >= 15 is 0 Å². The Hall–Kier alpha value is -0.120. The molecule has 2 aliphatic heterocycles. The molecule has 0 spiro atoms. The summed E-state index contributed by atoms with van der Waals surface area (Å²) in [4.78, 5) is 2.58. The fourth-order valence-electron chi connectivity index (χ4n) is 2.29. The highest BCUT2D eigenvalue weighted by Crippen LogP contribution is 2.16. The van der Waals surface area contributed by atoms with Crippen LogP contribution in [0.2, 0.25) is 0 Å². The number of piperidine rings is 1. The van der Waals surface area contributed by atoms with E-state index in [1.807, 2.05) is 0 Å². The Kier molecular flexibility index (Phi) is 3.79. The Balaban J connectivity index is 1.68. The lowest BCUT2D eigenvalue weighted by Gasteiger charge is -2.34. The van der Waals surface area contributed by atoms with Gasteiger partial charge in [0.15, 0.2) is 0 Å². The van der Waals surface area contributed by atoms with E-state index in [0.717, 1.165) is 25.7 Å². The number of ether oxygens (including phenoxy) is 1. The molecule has 0 bridgehead atoms. The molecule has 0 aromatic heterocycles. The molecule has 0 aliphatic carbocycles. The molecule has 0 aromatic rings. The molecule has 2 heterocycles. The van der Waals surface area contributed by atoms with Gasteiger partial charge in [0.1, 0.15) is 0 Å². The molecule has 0 aromatic carbocycles. The van der Waals surface area contributed by atoms with E-state index < -0.39 is 0 Å². The van der Waals surface area contributed by atoms with Crippen LogP contribution in [0, 0.1) is 5.92 Å². The first kappa shape index (κ1) is 10.4. The number of hydrogen-bond acceptors (Lipinski definition) is 3. The number of likely N-dealkylation sites (tertiary alicyclic amines) is 1. The minimum atomic E-state index is 0.567. The minimum Gasteiger partial charge on any atom is -0.378 e. The maximum atomic E-state index is 5.46. The lowest BCUT2D eigenvalue weighted by Crippen LogP contribution is -2.49. The minimum absolute atomic E-state index is 0.567. The fraction of sp³-hybridized carbons (Fsp3) is 1.00. The zero-order chi connectivity index (χ0) is 9.80. The van der Waals surface area contributed by atoms with Crippen LogP contribution in [0.4, 0.5) is 0 Å². The van der Waals surface area contributed by atoms with Crippen molar-refractivity contribution in [3.05, 3.63) is 0 Å². The predicted molar refractivity (Wildman–Crippen MR) is 57.4 cm³/mol. The van der Waals surface area contributed by atoms with Gasteiger partial charge in [0, 0.05) is 19.1 Å². The first-order valence-electron chi connectivity index (χ1n) is 5.88. The van der Waals surface area contributed by atoms with E-state index in [-0.39, 0.29) is 0 Å². The van der Waals surface area contributed by atoms with Gasteiger partial charge in [0.05, 0.1) is 13.2 Å². The Morgan fingerprint density at radius 2 is 2.14 bits per heavy atom. The molecule has 14 heavy (non-hydrogen) atoms. The Labute approximate surface area is 86.8 Å². The zero-order valence-corrected chi connectivity index (χ0v) is 9.17. The summed E-state index contributed by atoms with van der Waals surface area (Å²) in [5.41, 5.74) is 0. The molecule has 2 aliphatic rings. The van der Waals surface area contributed by atoms with Gasteiger partial charge in [-0.1, -0.05) is 6.92 Å². The summed E-state index contributed by atoms with van der Waals surface area (Å²) in [5.74, 6) is 0.932. The van der Waals surface area contributed by atoms with Crippen molar-refractivity contribution in [2.75, 3.05) is 39.4 Å². The molecule has 2 rings (SSSR count). The molecule has 0 saturated carbocycles. The second-order valence-corrected chi connectivity index (χ2v) is 4.71. The number of morpholine rings is 1. The molecule has 0 amide bonds. The van der Waals surface area contributed by atoms with Crippen molar-refractivity contribution < 1.29 is 4.74 Å². The molecule has 3 nitrogen and oxygen atoms in total. The van der Waals surface area contributed by atoms with Crippen molar-refractivity contribution in [1.29, 1.82) is 0 Å². The summed E-state index contributed by atoms with van der Waals surface area (Å²) in [5, 5.41) is 3.51. The van der Waals surface area contributed by atoms with Gasteiger partial charge in [-0.25, -0.2) is 0 Å². The molecular formula is C11H22N2O. The molecular weight excluding hydrogens is 176 g/mol. The quantitative estimate of drug-likeness (QED) is 0.707. The molecule has 82 valence electrons. The van der Waals surface area contributed by atoms with E-state index in [0.29, 0.717) is 6.04 Å². The highest BCUT2D eigenvalue weighted by atomic mass is 16.5. The molecule has 0 unspecified atom stereocenters. The van der Waals surface area contributed by atoms with E-state index in [1.165, 1.54) is 32.5 Å². The van der Waals surface area contributed by atoms with Gasteiger partial charge in [-0.05, 0) is 31.8 Å². The van der Waals surface area contributed by atoms with Crippen molar-refractivity contribution in [1.82, 2.24) is 10.2 Å². The SMILES string of the molecule is CC1CCN(C[C@@H]2COCCN2)CC1. The molecule has 2 fully saturated rings.